The van der Waals surface area contributed by atoms with E-state index in [-0.39, 0.29) is 0 Å². The lowest BCUT2D eigenvalue weighted by Crippen LogP contribution is -1.91. The van der Waals surface area contributed by atoms with E-state index in [1.54, 1.807) is 24.5 Å². The molecule has 3 aromatic rings. The van der Waals surface area contributed by atoms with Crippen molar-refractivity contribution in [1.82, 2.24) is 15.1 Å². The third kappa shape index (κ3) is 1.73. The van der Waals surface area contributed by atoms with Crippen LogP contribution in [0.4, 0.5) is 5.82 Å². The van der Waals surface area contributed by atoms with Crippen LogP contribution in [0, 0.1) is 6.92 Å². The molecule has 0 spiro atoms. The quantitative estimate of drug-likeness (QED) is 0.741. The lowest BCUT2D eigenvalue weighted by Gasteiger charge is -1.94. The maximum Gasteiger partial charge on any atom is 0.277 e. The highest BCUT2D eigenvalue weighted by atomic mass is 16.5. The summed E-state index contributed by atoms with van der Waals surface area (Å²) in [4.78, 5) is 8.35. The fourth-order valence-corrected chi connectivity index (χ4v) is 1.59. The van der Waals surface area contributed by atoms with Crippen LogP contribution in [0.2, 0.25) is 0 Å². The summed E-state index contributed by atoms with van der Waals surface area (Å²) in [5.74, 6) is 1.71. The number of hydrogen-bond acceptors (Lipinski definition) is 6. The Bertz CT molecular complexity index is 687. The highest BCUT2D eigenvalue weighted by molar-refractivity contribution is 5.56. The molecular formula is C12H10N4O2. The molecule has 0 saturated heterocycles. The average Bonchev–Trinajstić information content (AvgIpc) is 2.97. The van der Waals surface area contributed by atoms with Gasteiger partial charge in [0.05, 0.1) is 6.26 Å². The second kappa shape index (κ2) is 3.99. The van der Waals surface area contributed by atoms with Gasteiger partial charge in [0.25, 0.3) is 5.89 Å². The summed E-state index contributed by atoms with van der Waals surface area (Å²) in [5, 5.41) is 3.86. The Balaban J connectivity index is 2.02. The van der Waals surface area contributed by atoms with Gasteiger partial charge in [-0.3, -0.25) is 0 Å². The Morgan fingerprint density at radius 3 is 2.78 bits per heavy atom. The van der Waals surface area contributed by atoms with Gasteiger partial charge in [-0.1, -0.05) is 11.2 Å². The number of nitrogens with two attached hydrogens (primary N) is 1. The van der Waals surface area contributed by atoms with Crippen molar-refractivity contribution in [2.45, 2.75) is 6.92 Å². The fraction of sp³-hybridized carbons (Fsp3) is 0.0833. The zero-order valence-corrected chi connectivity index (χ0v) is 9.62. The minimum absolute atomic E-state index is 0.313. The van der Waals surface area contributed by atoms with Crippen LogP contribution in [0.5, 0.6) is 0 Å². The highest BCUT2D eigenvalue weighted by Crippen LogP contribution is 2.24. The molecule has 0 amide bonds. The maximum atomic E-state index is 5.60. The number of furan rings is 1. The molecule has 3 rings (SSSR count). The summed E-state index contributed by atoms with van der Waals surface area (Å²) < 4.78 is 10.4. The third-order valence-electron chi connectivity index (χ3n) is 2.48. The summed E-state index contributed by atoms with van der Waals surface area (Å²) in [6.45, 7) is 1.91. The summed E-state index contributed by atoms with van der Waals surface area (Å²) in [5.41, 5.74) is 7.09. The van der Waals surface area contributed by atoms with E-state index >= 15 is 0 Å². The zero-order valence-electron chi connectivity index (χ0n) is 9.62. The Labute approximate surface area is 102 Å². The minimum Gasteiger partial charge on any atom is -0.461 e. The van der Waals surface area contributed by atoms with E-state index in [9.17, 15) is 0 Å². The predicted molar refractivity (Wildman–Crippen MR) is 64.4 cm³/mol. The molecule has 0 aliphatic rings. The van der Waals surface area contributed by atoms with Crippen molar-refractivity contribution in [2.75, 3.05) is 5.73 Å². The molecule has 0 atom stereocenters. The highest BCUT2D eigenvalue weighted by Gasteiger charge is 2.15. The summed E-state index contributed by atoms with van der Waals surface area (Å²) in [6, 6.07) is 7.06. The standard InChI is InChI=1S/C12H10N4O2/c1-7-5-6-17-10(7)11-15-12(18-16-11)8-3-2-4-9(13)14-8/h2-6H,1H3,(H2,13,14). The Morgan fingerprint density at radius 2 is 2.06 bits per heavy atom. The molecule has 0 saturated carbocycles. The third-order valence-corrected chi connectivity index (χ3v) is 2.48. The van der Waals surface area contributed by atoms with Crippen LogP contribution in [-0.2, 0) is 0 Å². The zero-order chi connectivity index (χ0) is 12.5. The lowest BCUT2D eigenvalue weighted by atomic mass is 10.3. The molecule has 0 fully saturated rings. The van der Waals surface area contributed by atoms with Crippen LogP contribution in [-0.4, -0.2) is 15.1 Å². The first kappa shape index (κ1) is 10.5. The van der Waals surface area contributed by atoms with Crippen LogP contribution >= 0.6 is 0 Å². The molecule has 3 heterocycles. The maximum absolute atomic E-state index is 5.60. The van der Waals surface area contributed by atoms with Gasteiger partial charge in [-0.2, -0.15) is 4.98 Å². The molecule has 90 valence electrons. The average molecular weight is 242 g/mol. The summed E-state index contributed by atoms with van der Waals surface area (Å²) >= 11 is 0. The van der Waals surface area contributed by atoms with Crippen molar-refractivity contribution in [3.8, 4) is 23.2 Å². The van der Waals surface area contributed by atoms with Crippen molar-refractivity contribution >= 4 is 5.82 Å². The van der Waals surface area contributed by atoms with Gasteiger partial charge in [-0.15, -0.1) is 0 Å². The van der Waals surface area contributed by atoms with Crippen molar-refractivity contribution in [2.24, 2.45) is 0 Å². The molecule has 0 aliphatic carbocycles. The van der Waals surface area contributed by atoms with E-state index in [1.807, 2.05) is 13.0 Å². The molecule has 0 aromatic carbocycles. The summed E-state index contributed by atoms with van der Waals surface area (Å²) in [6.07, 6.45) is 1.58. The van der Waals surface area contributed by atoms with Crippen LogP contribution in [0.25, 0.3) is 23.2 Å². The Morgan fingerprint density at radius 1 is 1.17 bits per heavy atom. The van der Waals surface area contributed by atoms with E-state index in [2.05, 4.69) is 15.1 Å². The molecule has 0 bridgehead atoms. The second-order valence-corrected chi connectivity index (χ2v) is 3.80. The van der Waals surface area contributed by atoms with Gasteiger partial charge in [-0.25, -0.2) is 4.98 Å². The number of nitrogen functional groups attached to an aromatic ring is 1. The molecule has 0 unspecified atom stereocenters. The second-order valence-electron chi connectivity index (χ2n) is 3.80. The Hall–Kier alpha value is -2.63. The number of rotatable bonds is 2. The van der Waals surface area contributed by atoms with Crippen LogP contribution < -0.4 is 5.73 Å². The van der Waals surface area contributed by atoms with Crippen LogP contribution in [0.3, 0.4) is 0 Å². The molecule has 6 heteroatoms. The number of nitrogens with zero attached hydrogens (tertiary/aromatic N) is 3. The van der Waals surface area contributed by atoms with Gasteiger partial charge in [0.15, 0.2) is 5.76 Å². The van der Waals surface area contributed by atoms with Crippen molar-refractivity contribution in [1.29, 1.82) is 0 Å². The lowest BCUT2D eigenvalue weighted by molar-refractivity contribution is 0.428. The van der Waals surface area contributed by atoms with Gasteiger partial charge >= 0.3 is 0 Å². The number of aromatic nitrogens is 3. The predicted octanol–water partition coefficient (Wildman–Crippen LogP) is 2.28. The van der Waals surface area contributed by atoms with E-state index in [4.69, 9.17) is 14.7 Å². The van der Waals surface area contributed by atoms with Crippen molar-refractivity contribution in [3.63, 3.8) is 0 Å². The molecule has 0 aliphatic heterocycles. The van der Waals surface area contributed by atoms with Crippen molar-refractivity contribution in [3.05, 3.63) is 36.1 Å². The first-order valence-corrected chi connectivity index (χ1v) is 5.35. The number of pyridine rings is 1. The molecule has 3 aromatic heterocycles. The molecular weight excluding hydrogens is 232 g/mol. The van der Waals surface area contributed by atoms with Crippen LogP contribution in [0.1, 0.15) is 5.56 Å². The smallest absolute Gasteiger partial charge is 0.277 e. The van der Waals surface area contributed by atoms with Gasteiger partial charge < -0.3 is 14.7 Å². The molecule has 6 nitrogen and oxygen atoms in total. The Kier molecular flexibility index (Phi) is 2.33. The molecule has 0 radical (unpaired) electrons. The molecule has 18 heavy (non-hydrogen) atoms. The number of hydrogen-bond donors (Lipinski definition) is 1. The first-order valence-electron chi connectivity index (χ1n) is 5.35. The van der Waals surface area contributed by atoms with Gasteiger partial charge in [0.1, 0.15) is 11.5 Å². The topological polar surface area (TPSA) is 91.0 Å². The van der Waals surface area contributed by atoms with Gasteiger partial charge in [-0.05, 0) is 30.7 Å². The largest absolute Gasteiger partial charge is 0.461 e. The van der Waals surface area contributed by atoms with E-state index in [0.717, 1.165) is 5.56 Å². The van der Waals surface area contributed by atoms with E-state index in [1.165, 1.54) is 0 Å². The molecule has 2 N–H and O–H groups in total. The number of anilines is 1. The first-order chi connectivity index (χ1) is 8.74. The van der Waals surface area contributed by atoms with Crippen molar-refractivity contribution < 1.29 is 8.94 Å². The summed E-state index contributed by atoms with van der Waals surface area (Å²) in [7, 11) is 0. The SMILES string of the molecule is Cc1ccoc1-c1noc(-c2cccc(N)n2)n1. The van der Waals surface area contributed by atoms with E-state index in [0.29, 0.717) is 29.0 Å². The van der Waals surface area contributed by atoms with Crippen LogP contribution in [0.15, 0.2) is 39.5 Å². The van der Waals surface area contributed by atoms with E-state index < -0.39 is 0 Å². The van der Waals surface area contributed by atoms with Gasteiger partial charge in [0, 0.05) is 0 Å². The monoisotopic (exact) mass is 242 g/mol. The fourth-order valence-electron chi connectivity index (χ4n) is 1.59. The number of aryl methyl sites for hydroxylation is 1. The van der Waals surface area contributed by atoms with Gasteiger partial charge in [0.2, 0.25) is 5.82 Å². The minimum atomic E-state index is 0.313. The normalized spacial score (nSPS) is 10.7.